The van der Waals surface area contributed by atoms with E-state index in [1.165, 1.54) is 0 Å². The molecule has 2 heterocycles. The summed E-state index contributed by atoms with van der Waals surface area (Å²) in [6.07, 6.45) is 1.83. The lowest BCUT2D eigenvalue weighted by Gasteiger charge is -2.26. The maximum absolute atomic E-state index is 12.4. The Morgan fingerprint density at radius 3 is 2.96 bits per heavy atom. The van der Waals surface area contributed by atoms with Crippen LogP contribution in [0.2, 0.25) is 0 Å². The Kier molecular flexibility index (Phi) is 4.00. The summed E-state index contributed by atoms with van der Waals surface area (Å²) in [6, 6.07) is 9.73. The number of aromatic nitrogens is 1. The Balaban J connectivity index is 2.18. The van der Waals surface area contributed by atoms with Crippen LogP contribution in [0, 0.1) is 11.3 Å². The third-order valence-corrected chi connectivity index (χ3v) is 4.01. The zero-order valence-electron chi connectivity index (χ0n) is 13.4. The van der Waals surface area contributed by atoms with Crippen LogP contribution in [0.3, 0.4) is 0 Å². The second-order valence-electron chi connectivity index (χ2n) is 5.44. The molecule has 1 unspecified atom stereocenters. The molecule has 0 saturated carbocycles. The molecule has 6 nitrogen and oxygen atoms in total. The van der Waals surface area contributed by atoms with E-state index in [9.17, 15) is 10.1 Å². The van der Waals surface area contributed by atoms with Crippen LogP contribution in [0.25, 0.3) is 10.9 Å². The lowest BCUT2D eigenvalue weighted by atomic mass is 9.83. The summed E-state index contributed by atoms with van der Waals surface area (Å²) in [5, 5.41) is 10.6. The molecule has 1 aromatic carbocycles. The van der Waals surface area contributed by atoms with E-state index in [0.717, 1.165) is 16.5 Å². The first-order valence-corrected chi connectivity index (χ1v) is 7.59. The smallest absolute Gasteiger partial charge is 0.338 e. The third kappa shape index (κ3) is 2.50. The number of carbonyl (C=O) groups is 1. The van der Waals surface area contributed by atoms with Crippen molar-refractivity contribution in [2.24, 2.45) is 5.73 Å². The molecule has 0 fully saturated rings. The van der Waals surface area contributed by atoms with E-state index in [0.29, 0.717) is 11.3 Å². The Hall–Kier alpha value is -3.20. The SMILES string of the molecule is CCOC(=O)C1=C(C)OC(N)=C(C#N)C1c1ccc2cc[nH]c2c1. The van der Waals surface area contributed by atoms with Gasteiger partial charge in [-0.3, -0.25) is 0 Å². The van der Waals surface area contributed by atoms with Crippen molar-refractivity contribution in [3.8, 4) is 6.07 Å². The number of benzene rings is 1. The van der Waals surface area contributed by atoms with Crippen LogP contribution in [0.5, 0.6) is 0 Å². The Morgan fingerprint density at radius 1 is 1.46 bits per heavy atom. The number of nitriles is 1. The maximum Gasteiger partial charge on any atom is 0.338 e. The van der Waals surface area contributed by atoms with E-state index in [1.54, 1.807) is 13.8 Å². The first-order chi connectivity index (χ1) is 11.6. The number of nitrogens with zero attached hydrogens (tertiary/aromatic N) is 1. The van der Waals surface area contributed by atoms with E-state index < -0.39 is 11.9 Å². The normalized spacial score (nSPS) is 17.6. The zero-order valence-corrected chi connectivity index (χ0v) is 13.4. The average Bonchev–Trinajstić information content (AvgIpc) is 3.01. The molecule has 0 amide bonds. The lowest BCUT2D eigenvalue weighted by Crippen LogP contribution is -2.25. The molecule has 24 heavy (non-hydrogen) atoms. The molecular formula is C18H17N3O3. The average molecular weight is 323 g/mol. The van der Waals surface area contributed by atoms with Gasteiger partial charge in [-0.1, -0.05) is 12.1 Å². The molecule has 0 radical (unpaired) electrons. The zero-order chi connectivity index (χ0) is 17.3. The van der Waals surface area contributed by atoms with Gasteiger partial charge in [0.1, 0.15) is 17.4 Å². The third-order valence-electron chi connectivity index (χ3n) is 4.01. The molecule has 1 aliphatic rings. The van der Waals surface area contributed by atoms with E-state index >= 15 is 0 Å². The molecule has 2 aromatic rings. The summed E-state index contributed by atoms with van der Waals surface area (Å²) in [5.41, 5.74) is 8.07. The maximum atomic E-state index is 12.4. The van der Waals surface area contributed by atoms with Crippen LogP contribution >= 0.6 is 0 Å². The summed E-state index contributed by atoms with van der Waals surface area (Å²) in [6.45, 7) is 3.61. The highest BCUT2D eigenvalue weighted by Gasteiger charge is 2.36. The van der Waals surface area contributed by atoms with Gasteiger partial charge in [0.15, 0.2) is 0 Å². The van der Waals surface area contributed by atoms with E-state index in [1.807, 2.05) is 30.5 Å². The molecule has 3 N–H and O–H groups in total. The molecule has 1 aliphatic heterocycles. The van der Waals surface area contributed by atoms with Crippen LogP contribution in [0.4, 0.5) is 0 Å². The van der Waals surface area contributed by atoms with Crippen molar-refractivity contribution in [3.63, 3.8) is 0 Å². The fourth-order valence-electron chi connectivity index (χ4n) is 2.93. The Labute approximate surface area is 139 Å². The molecule has 0 spiro atoms. The van der Waals surface area contributed by atoms with Gasteiger partial charge >= 0.3 is 5.97 Å². The summed E-state index contributed by atoms with van der Waals surface area (Å²) in [7, 11) is 0. The second-order valence-corrected chi connectivity index (χ2v) is 5.44. The van der Waals surface area contributed by atoms with Crippen LogP contribution in [-0.4, -0.2) is 17.6 Å². The van der Waals surface area contributed by atoms with Gasteiger partial charge in [-0.25, -0.2) is 4.79 Å². The minimum atomic E-state index is -0.615. The van der Waals surface area contributed by atoms with Crippen molar-refractivity contribution in [1.82, 2.24) is 4.98 Å². The molecule has 1 atom stereocenters. The number of nitrogens with one attached hydrogen (secondary N) is 1. The molecule has 0 aliphatic carbocycles. The number of aromatic amines is 1. The van der Waals surface area contributed by atoms with Crippen LogP contribution in [0.15, 0.2) is 53.3 Å². The van der Waals surface area contributed by atoms with Gasteiger partial charge in [0.2, 0.25) is 5.88 Å². The molecule has 3 rings (SSSR count). The molecule has 6 heteroatoms. The monoisotopic (exact) mass is 323 g/mol. The highest BCUT2D eigenvalue weighted by Crippen LogP contribution is 2.40. The summed E-state index contributed by atoms with van der Waals surface area (Å²) >= 11 is 0. The van der Waals surface area contributed by atoms with Crippen LogP contribution < -0.4 is 5.73 Å². The summed E-state index contributed by atoms with van der Waals surface area (Å²) < 4.78 is 10.5. The van der Waals surface area contributed by atoms with Gasteiger partial charge in [0, 0.05) is 11.7 Å². The topological polar surface area (TPSA) is 101 Å². The number of ether oxygens (including phenoxy) is 2. The molecule has 0 bridgehead atoms. The van der Waals surface area contributed by atoms with Crippen molar-refractivity contribution in [2.45, 2.75) is 19.8 Å². The largest absolute Gasteiger partial charge is 0.463 e. The predicted molar refractivity (Wildman–Crippen MR) is 88.3 cm³/mol. The number of fused-ring (bicyclic) bond motifs is 1. The summed E-state index contributed by atoms with van der Waals surface area (Å²) in [4.78, 5) is 15.6. The van der Waals surface area contributed by atoms with E-state index in [-0.39, 0.29) is 18.1 Å². The first-order valence-electron chi connectivity index (χ1n) is 7.59. The van der Waals surface area contributed by atoms with E-state index in [4.69, 9.17) is 15.2 Å². The number of H-pyrrole nitrogens is 1. The minimum absolute atomic E-state index is 0.0135. The Morgan fingerprint density at radius 2 is 2.25 bits per heavy atom. The number of carbonyl (C=O) groups excluding carboxylic acids is 1. The molecule has 0 saturated heterocycles. The number of rotatable bonds is 3. The van der Waals surface area contributed by atoms with Crippen molar-refractivity contribution in [1.29, 1.82) is 5.26 Å². The second kappa shape index (κ2) is 6.13. The molecular weight excluding hydrogens is 306 g/mol. The quantitative estimate of drug-likeness (QED) is 0.846. The van der Waals surface area contributed by atoms with E-state index in [2.05, 4.69) is 11.1 Å². The van der Waals surface area contributed by atoms with Gasteiger partial charge in [0.05, 0.1) is 18.1 Å². The lowest BCUT2D eigenvalue weighted by molar-refractivity contribution is -0.139. The highest BCUT2D eigenvalue weighted by molar-refractivity contribution is 5.93. The van der Waals surface area contributed by atoms with Gasteiger partial charge in [-0.2, -0.15) is 5.26 Å². The van der Waals surface area contributed by atoms with Crippen molar-refractivity contribution < 1.29 is 14.3 Å². The van der Waals surface area contributed by atoms with Gasteiger partial charge in [0.25, 0.3) is 0 Å². The number of esters is 1. The number of allylic oxidation sites excluding steroid dienone is 2. The standard InChI is InChI=1S/C18H17N3O3/c1-3-23-18(22)15-10(2)24-17(20)13(9-19)16(15)12-5-4-11-6-7-21-14(11)8-12/h4-8,16,21H,3,20H2,1-2H3. The van der Waals surface area contributed by atoms with Crippen molar-refractivity contribution in [2.75, 3.05) is 6.61 Å². The van der Waals surface area contributed by atoms with Crippen LogP contribution in [0.1, 0.15) is 25.3 Å². The first kappa shape index (κ1) is 15.7. The fraction of sp³-hybridized carbons (Fsp3) is 0.222. The van der Waals surface area contributed by atoms with Crippen LogP contribution in [-0.2, 0) is 14.3 Å². The summed E-state index contributed by atoms with van der Waals surface area (Å²) in [5.74, 6) is -0.761. The van der Waals surface area contributed by atoms with Gasteiger partial charge in [-0.05, 0) is 36.9 Å². The number of hydrogen-bond donors (Lipinski definition) is 2. The Bertz CT molecular complexity index is 915. The van der Waals surface area contributed by atoms with Crippen molar-refractivity contribution in [3.05, 3.63) is 58.8 Å². The highest BCUT2D eigenvalue weighted by atomic mass is 16.5. The van der Waals surface area contributed by atoms with Gasteiger partial charge in [-0.15, -0.1) is 0 Å². The predicted octanol–water partition coefficient (Wildman–Crippen LogP) is 2.81. The minimum Gasteiger partial charge on any atom is -0.463 e. The van der Waals surface area contributed by atoms with Gasteiger partial charge < -0.3 is 20.2 Å². The number of hydrogen-bond acceptors (Lipinski definition) is 5. The fourth-order valence-corrected chi connectivity index (χ4v) is 2.93. The van der Waals surface area contributed by atoms with Crippen molar-refractivity contribution >= 4 is 16.9 Å². The number of nitrogens with two attached hydrogens (primary N) is 1. The molecule has 122 valence electrons. The molecule has 1 aromatic heterocycles.